The van der Waals surface area contributed by atoms with Gasteiger partial charge in [-0.05, 0) is 25.5 Å². The number of benzene rings is 1. The average molecular weight is 217 g/mol. The maximum absolute atomic E-state index is 11.4. The summed E-state index contributed by atoms with van der Waals surface area (Å²) in [5, 5.41) is 3.26. The standard InChI is InChI=1S/C13H15NO2/c1-9-5-3-4-6-12(9)14-10(2)11-7-8-16-13(11)15/h3-6,14H,7-8H2,1-2H3/b11-10-. The van der Waals surface area contributed by atoms with E-state index in [-0.39, 0.29) is 5.97 Å². The number of hydrogen-bond acceptors (Lipinski definition) is 3. The minimum atomic E-state index is -0.196. The molecule has 1 aliphatic rings. The summed E-state index contributed by atoms with van der Waals surface area (Å²) < 4.78 is 4.92. The predicted octanol–water partition coefficient (Wildman–Crippen LogP) is 2.63. The largest absolute Gasteiger partial charge is 0.462 e. The molecule has 0 bridgehead atoms. The topological polar surface area (TPSA) is 38.3 Å². The van der Waals surface area contributed by atoms with Crippen molar-refractivity contribution in [3.8, 4) is 0 Å². The molecule has 1 saturated heterocycles. The Kier molecular flexibility index (Phi) is 2.95. The van der Waals surface area contributed by atoms with Crippen molar-refractivity contribution < 1.29 is 9.53 Å². The van der Waals surface area contributed by atoms with E-state index >= 15 is 0 Å². The molecule has 0 amide bonds. The van der Waals surface area contributed by atoms with Crippen LogP contribution in [0.25, 0.3) is 0 Å². The monoisotopic (exact) mass is 217 g/mol. The van der Waals surface area contributed by atoms with E-state index in [0.29, 0.717) is 13.0 Å². The molecular formula is C13H15NO2. The second-order valence-electron chi connectivity index (χ2n) is 3.93. The summed E-state index contributed by atoms with van der Waals surface area (Å²) >= 11 is 0. The molecule has 0 atom stereocenters. The molecule has 1 aromatic rings. The van der Waals surface area contributed by atoms with Crippen molar-refractivity contribution >= 4 is 11.7 Å². The van der Waals surface area contributed by atoms with E-state index in [4.69, 9.17) is 4.74 Å². The van der Waals surface area contributed by atoms with Gasteiger partial charge in [-0.15, -0.1) is 0 Å². The van der Waals surface area contributed by atoms with E-state index in [0.717, 1.165) is 22.5 Å². The first-order chi connectivity index (χ1) is 7.68. The summed E-state index contributed by atoms with van der Waals surface area (Å²) in [5.41, 5.74) is 3.83. The van der Waals surface area contributed by atoms with Crippen LogP contribution < -0.4 is 5.32 Å². The third-order valence-corrected chi connectivity index (χ3v) is 2.75. The summed E-state index contributed by atoms with van der Waals surface area (Å²) in [6, 6.07) is 8.00. The molecule has 0 saturated carbocycles. The van der Waals surface area contributed by atoms with Gasteiger partial charge in [0.25, 0.3) is 0 Å². The van der Waals surface area contributed by atoms with Gasteiger partial charge in [0, 0.05) is 17.8 Å². The maximum atomic E-state index is 11.4. The molecule has 0 unspecified atom stereocenters. The third-order valence-electron chi connectivity index (χ3n) is 2.75. The minimum absolute atomic E-state index is 0.196. The lowest BCUT2D eigenvalue weighted by Gasteiger charge is -2.10. The number of carbonyl (C=O) groups is 1. The fraction of sp³-hybridized carbons (Fsp3) is 0.308. The molecule has 0 spiro atoms. The zero-order valence-electron chi connectivity index (χ0n) is 9.54. The number of para-hydroxylation sites is 1. The first kappa shape index (κ1) is 10.7. The summed E-state index contributed by atoms with van der Waals surface area (Å²) in [6.07, 6.45) is 0.698. The predicted molar refractivity (Wildman–Crippen MR) is 63.1 cm³/mol. The molecule has 0 aliphatic carbocycles. The van der Waals surface area contributed by atoms with Gasteiger partial charge in [-0.2, -0.15) is 0 Å². The average Bonchev–Trinajstić information content (AvgIpc) is 2.68. The number of esters is 1. The van der Waals surface area contributed by atoms with Gasteiger partial charge in [-0.3, -0.25) is 0 Å². The molecule has 1 N–H and O–H groups in total. The summed E-state index contributed by atoms with van der Waals surface area (Å²) in [5.74, 6) is -0.196. The van der Waals surface area contributed by atoms with Crippen LogP contribution in [0, 0.1) is 6.92 Å². The molecule has 84 valence electrons. The fourth-order valence-electron chi connectivity index (χ4n) is 1.77. The number of ether oxygens (including phenoxy) is 1. The highest BCUT2D eigenvalue weighted by Gasteiger charge is 2.21. The first-order valence-electron chi connectivity index (χ1n) is 5.38. The van der Waals surface area contributed by atoms with Crippen LogP contribution in [-0.2, 0) is 9.53 Å². The van der Waals surface area contributed by atoms with Crippen molar-refractivity contribution in [1.29, 1.82) is 0 Å². The molecule has 16 heavy (non-hydrogen) atoms. The Bertz CT molecular complexity index is 449. The van der Waals surface area contributed by atoms with Crippen LogP contribution in [0.5, 0.6) is 0 Å². The van der Waals surface area contributed by atoms with Gasteiger partial charge in [-0.25, -0.2) is 4.79 Å². The van der Waals surface area contributed by atoms with Crippen molar-refractivity contribution in [2.75, 3.05) is 11.9 Å². The van der Waals surface area contributed by atoms with Gasteiger partial charge in [0.2, 0.25) is 0 Å². The molecule has 2 rings (SSSR count). The SMILES string of the molecule is C/C(Nc1ccccc1C)=C1\CCOC1=O. The molecule has 1 fully saturated rings. The van der Waals surface area contributed by atoms with Crippen molar-refractivity contribution in [1.82, 2.24) is 0 Å². The van der Waals surface area contributed by atoms with Crippen molar-refractivity contribution in [3.05, 3.63) is 41.1 Å². The molecule has 1 aromatic carbocycles. The second-order valence-corrected chi connectivity index (χ2v) is 3.93. The molecular weight excluding hydrogens is 202 g/mol. The Morgan fingerprint density at radius 2 is 2.12 bits per heavy atom. The minimum Gasteiger partial charge on any atom is -0.462 e. The molecule has 3 nitrogen and oxygen atoms in total. The van der Waals surface area contributed by atoms with Crippen molar-refractivity contribution in [2.45, 2.75) is 20.3 Å². The number of anilines is 1. The quantitative estimate of drug-likeness (QED) is 0.611. The third kappa shape index (κ3) is 2.08. The van der Waals surface area contributed by atoms with Gasteiger partial charge in [-0.1, -0.05) is 18.2 Å². The summed E-state index contributed by atoms with van der Waals surface area (Å²) in [4.78, 5) is 11.4. The van der Waals surface area contributed by atoms with Crippen LogP contribution in [0.15, 0.2) is 35.5 Å². The summed E-state index contributed by atoms with van der Waals surface area (Å²) in [6.45, 7) is 4.45. The Labute approximate surface area is 95.1 Å². The van der Waals surface area contributed by atoms with E-state index in [1.165, 1.54) is 0 Å². The van der Waals surface area contributed by atoms with Crippen LogP contribution in [0.2, 0.25) is 0 Å². The van der Waals surface area contributed by atoms with Gasteiger partial charge >= 0.3 is 5.97 Å². The highest BCUT2D eigenvalue weighted by atomic mass is 16.5. The maximum Gasteiger partial charge on any atom is 0.335 e. The van der Waals surface area contributed by atoms with Crippen LogP contribution in [0.4, 0.5) is 5.69 Å². The first-order valence-corrected chi connectivity index (χ1v) is 5.38. The Hall–Kier alpha value is -1.77. The number of allylic oxidation sites excluding steroid dienone is 1. The van der Waals surface area contributed by atoms with E-state index < -0.39 is 0 Å². The zero-order chi connectivity index (χ0) is 11.5. The van der Waals surface area contributed by atoms with Crippen LogP contribution >= 0.6 is 0 Å². The molecule has 1 heterocycles. The van der Waals surface area contributed by atoms with E-state index in [2.05, 4.69) is 5.32 Å². The van der Waals surface area contributed by atoms with Gasteiger partial charge in [0.05, 0.1) is 12.2 Å². The molecule has 0 aromatic heterocycles. The summed E-state index contributed by atoms with van der Waals surface area (Å²) in [7, 11) is 0. The number of aryl methyl sites for hydroxylation is 1. The van der Waals surface area contributed by atoms with Crippen LogP contribution in [0.1, 0.15) is 18.9 Å². The fourth-order valence-corrected chi connectivity index (χ4v) is 1.77. The molecule has 0 radical (unpaired) electrons. The number of rotatable bonds is 2. The highest BCUT2D eigenvalue weighted by molar-refractivity contribution is 5.91. The zero-order valence-corrected chi connectivity index (χ0v) is 9.54. The number of cyclic esters (lactones) is 1. The van der Waals surface area contributed by atoms with Crippen molar-refractivity contribution in [2.24, 2.45) is 0 Å². The smallest absolute Gasteiger partial charge is 0.335 e. The number of carbonyl (C=O) groups excluding carboxylic acids is 1. The van der Waals surface area contributed by atoms with Gasteiger partial charge in [0.15, 0.2) is 0 Å². The van der Waals surface area contributed by atoms with Gasteiger partial charge < -0.3 is 10.1 Å². The number of hydrogen-bond donors (Lipinski definition) is 1. The lowest BCUT2D eigenvalue weighted by molar-refractivity contribution is -0.135. The molecule has 3 heteroatoms. The second kappa shape index (κ2) is 4.39. The van der Waals surface area contributed by atoms with Crippen LogP contribution in [-0.4, -0.2) is 12.6 Å². The Morgan fingerprint density at radius 1 is 1.38 bits per heavy atom. The highest BCUT2D eigenvalue weighted by Crippen LogP contribution is 2.21. The van der Waals surface area contributed by atoms with E-state index in [1.54, 1.807) is 0 Å². The molecule has 1 aliphatic heterocycles. The normalized spacial score (nSPS) is 18.2. The Balaban J connectivity index is 2.22. The van der Waals surface area contributed by atoms with E-state index in [9.17, 15) is 4.79 Å². The van der Waals surface area contributed by atoms with Gasteiger partial charge in [0.1, 0.15) is 0 Å². The van der Waals surface area contributed by atoms with Crippen LogP contribution in [0.3, 0.4) is 0 Å². The lowest BCUT2D eigenvalue weighted by Crippen LogP contribution is -2.05. The number of nitrogens with one attached hydrogen (secondary N) is 1. The Morgan fingerprint density at radius 3 is 2.75 bits per heavy atom. The lowest BCUT2D eigenvalue weighted by atomic mass is 10.1. The van der Waals surface area contributed by atoms with E-state index in [1.807, 2.05) is 38.1 Å². The van der Waals surface area contributed by atoms with Crippen molar-refractivity contribution in [3.63, 3.8) is 0 Å².